The van der Waals surface area contributed by atoms with Crippen LogP contribution < -0.4 is 0 Å². The zero-order chi connectivity index (χ0) is 19.1. The van der Waals surface area contributed by atoms with E-state index < -0.39 is 0 Å². The third-order valence-electron chi connectivity index (χ3n) is 4.96. The molecule has 0 aromatic rings. The first-order valence-electron chi connectivity index (χ1n) is 10.9. The zero-order valence-corrected chi connectivity index (χ0v) is 18.0. The Morgan fingerprint density at radius 2 is 1.00 bits per heavy atom. The Morgan fingerprint density at radius 3 is 1.35 bits per heavy atom. The first-order valence-corrected chi connectivity index (χ1v) is 11.7. The van der Waals surface area contributed by atoms with Gasteiger partial charge >= 0.3 is 94.7 Å². The Bertz CT molecular complexity index is 403. The number of unbranched alkanes of at least 4 members (excludes halogenated alkanes) is 17. The summed E-state index contributed by atoms with van der Waals surface area (Å²) < 4.78 is 14.8. The molecule has 3 nitrogen and oxygen atoms in total. The van der Waals surface area contributed by atoms with Crippen molar-refractivity contribution in [2.45, 2.75) is 122 Å². The van der Waals surface area contributed by atoms with Gasteiger partial charge in [-0.2, -0.15) is 0 Å². The van der Waals surface area contributed by atoms with Crippen LogP contribution >= 0.6 is 7.92 Å². The average molecular weight is 385 g/mol. The van der Waals surface area contributed by atoms with Crippen molar-refractivity contribution in [3.63, 3.8) is 0 Å². The van der Waals surface area contributed by atoms with Crippen molar-refractivity contribution in [2.75, 3.05) is 7.11 Å². The molecule has 0 radical (unpaired) electrons. The maximum atomic E-state index is 11.0. The summed E-state index contributed by atoms with van der Waals surface area (Å²) in [6, 6.07) is 0. The third-order valence-corrected chi connectivity index (χ3v) is 5.31. The van der Waals surface area contributed by atoms with Crippen molar-refractivity contribution in [1.29, 1.82) is 0 Å². The molecule has 0 unspecified atom stereocenters. The summed E-state index contributed by atoms with van der Waals surface area (Å²) in [5.74, 6) is -0.0745. The van der Waals surface area contributed by atoms with E-state index in [1.165, 1.54) is 97.0 Å². The van der Waals surface area contributed by atoms with Crippen molar-refractivity contribution in [3.8, 4) is 5.63 Å². The summed E-state index contributed by atoms with van der Waals surface area (Å²) in [5, 5.41) is 0. The van der Waals surface area contributed by atoms with Crippen molar-refractivity contribution in [2.24, 2.45) is 0 Å². The van der Waals surface area contributed by atoms with Gasteiger partial charge in [0.1, 0.15) is 0 Å². The Kier molecular flexibility index (Phi) is 22.1. The van der Waals surface area contributed by atoms with Crippen molar-refractivity contribution in [3.05, 3.63) is 0 Å². The minimum absolute atomic E-state index is 0.0658. The van der Waals surface area contributed by atoms with E-state index in [0.717, 1.165) is 25.7 Å². The first-order chi connectivity index (χ1) is 12.8. The van der Waals surface area contributed by atoms with Gasteiger partial charge < -0.3 is 4.74 Å². The van der Waals surface area contributed by atoms with Crippen LogP contribution in [0.15, 0.2) is 0 Å². The fourth-order valence-corrected chi connectivity index (χ4v) is 3.52. The molecule has 0 spiro atoms. The van der Waals surface area contributed by atoms with Gasteiger partial charge in [-0.25, -0.2) is 0 Å². The summed E-state index contributed by atoms with van der Waals surface area (Å²) in [4.78, 5) is 11.0. The molecule has 0 aliphatic carbocycles. The van der Waals surface area contributed by atoms with Crippen LogP contribution in [0, 0.1) is 5.63 Å². The average Bonchev–Trinajstić information content (AvgIpc) is 2.66. The predicted octanol–water partition coefficient (Wildman–Crippen LogP) is 7.82. The molecule has 0 N–H and O–H groups in total. The van der Waals surface area contributed by atoms with Crippen molar-refractivity contribution < 1.29 is 14.1 Å². The maximum absolute atomic E-state index is 11.0. The van der Waals surface area contributed by atoms with Gasteiger partial charge in [0.2, 0.25) is 0 Å². The summed E-state index contributed by atoms with van der Waals surface area (Å²) >= 11 is 0. The van der Waals surface area contributed by atoms with E-state index in [2.05, 4.69) is 10.4 Å². The van der Waals surface area contributed by atoms with Gasteiger partial charge in [-0.15, -0.1) is 0 Å². The molecular formula is C22H41O3P. The molecule has 0 bridgehead atoms. The van der Waals surface area contributed by atoms with Gasteiger partial charge in [0.25, 0.3) is 0 Å². The predicted molar refractivity (Wildman–Crippen MR) is 111 cm³/mol. The number of ether oxygens (including phenoxy) is 1. The SMILES string of the molecule is COC(=O)CCCCCCCCCCCCCCCCCCCC#P=O. The number of carbonyl (C=O) groups is 1. The number of carbonyl (C=O) groups excluding carboxylic acids is 1. The van der Waals surface area contributed by atoms with Crippen LogP contribution in [-0.2, 0) is 14.1 Å². The molecule has 0 heterocycles. The fourth-order valence-electron chi connectivity index (χ4n) is 3.27. The number of rotatable bonds is 19. The second-order valence-corrected chi connectivity index (χ2v) is 7.83. The fraction of sp³-hybridized carbons (Fsp3) is 0.909. The van der Waals surface area contributed by atoms with E-state index in [1.807, 2.05) is 0 Å². The van der Waals surface area contributed by atoms with Crippen LogP contribution in [0.1, 0.15) is 122 Å². The van der Waals surface area contributed by atoms with Crippen molar-refractivity contribution >= 4 is 13.9 Å². The topological polar surface area (TPSA) is 43.4 Å². The molecule has 0 saturated carbocycles. The molecule has 0 aromatic carbocycles. The van der Waals surface area contributed by atoms with Crippen molar-refractivity contribution in [1.82, 2.24) is 0 Å². The molecule has 0 aliphatic heterocycles. The van der Waals surface area contributed by atoms with Crippen LogP contribution in [0.3, 0.4) is 0 Å². The number of hydrogen-bond acceptors (Lipinski definition) is 3. The van der Waals surface area contributed by atoms with E-state index in [0.29, 0.717) is 6.42 Å². The van der Waals surface area contributed by atoms with E-state index >= 15 is 0 Å². The summed E-state index contributed by atoms with van der Waals surface area (Å²) in [6.45, 7) is 0. The van der Waals surface area contributed by atoms with E-state index in [9.17, 15) is 9.36 Å². The van der Waals surface area contributed by atoms with Crippen LogP contribution in [0.2, 0.25) is 0 Å². The molecule has 152 valence electrons. The standard InChI is InChI=1S/C22H41O3P/c1-25-22(23)20-18-16-14-12-10-8-6-4-2-3-5-7-9-11-13-15-17-19-21-26-24/h2-20H2,1H3. The molecule has 0 amide bonds. The van der Waals surface area contributed by atoms with E-state index in [-0.39, 0.29) is 13.9 Å². The quantitative estimate of drug-likeness (QED) is 0.129. The van der Waals surface area contributed by atoms with Gasteiger partial charge in [-0.3, -0.25) is 4.79 Å². The summed E-state index contributed by atoms with van der Waals surface area (Å²) in [7, 11) is 1.53. The molecule has 26 heavy (non-hydrogen) atoms. The monoisotopic (exact) mass is 384 g/mol. The second-order valence-electron chi connectivity index (χ2n) is 7.34. The molecule has 4 heteroatoms. The van der Waals surface area contributed by atoms with Crippen LogP contribution in [0.25, 0.3) is 0 Å². The third kappa shape index (κ3) is 21.5. The molecule has 0 rings (SSSR count). The van der Waals surface area contributed by atoms with Crippen LogP contribution in [-0.4, -0.2) is 13.1 Å². The Labute approximate surface area is 163 Å². The number of esters is 1. The number of methoxy groups -OCH3 is 1. The molecular weight excluding hydrogens is 343 g/mol. The van der Waals surface area contributed by atoms with Gasteiger partial charge in [0.05, 0.1) is 7.11 Å². The molecule has 0 aromatic heterocycles. The Hall–Kier alpha value is -0.520. The summed E-state index contributed by atoms with van der Waals surface area (Å²) in [5.41, 5.74) is 2.81. The zero-order valence-electron chi connectivity index (χ0n) is 17.1. The summed E-state index contributed by atoms with van der Waals surface area (Å²) in [6.07, 6.45) is 23.7. The van der Waals surface area contributed by atoms with Gasteiger partial charge in [0, 0.05) is 6.42 Å². The van der Waals surface area contributed by atoms with E-state index in [4.69, 9.17) is 0 Å². The van der Waals surface area contributed by atoms with Crippen LogP contribution in [0.4, 0.5) is 0 Å². The van der Waals surface area contributed by atoms with E-state index in [1.54, 1.807) is 0 Å². The molecule has 0 saturated heterocycles. The molecule has 0 fully saturated rings. The first kappa shape index (κ1) is 25.5. The van der Waals surface area contributed by atoms with Crippen LogP contribution in [0.5, 0.6) is 0 Å². The second kappa shape index (κ2) is 22.5. The molecule has 0 aliphatic rings. The Balaban J connectivity index is 3.03. The normalized spacial score (nSPS) is 10.5. The van der Waals surface area contributed by atoms with Gasteiger partial charge in [-0.05, 0) is 6.42 Å². The minimum atomic E-state index is -0.0745. The molecule has 0 atom stereocenters. The number of hydrogen-bond donors (Lipinski definition) is 0. The van der Waals surface area contributed by atoms with Gasteiger partial charge in [0.15, 0.2) is 0 Å². The van der Waals surface area contributed by atoms with Gasteiger partial charge in [-0.1, -0.05) is 38.5 Å². The Morgan fingerprint density at radius 1 is 0.654 bits per heavy atom.